The molecule has 1 aromatic heterocycles. The van der Waals surface area contributed by atoms with Gasteiger partial charge >= 0.3 is 0 Å². The SMILES string of the molecule is CN=C(NCCCc1nn(-c2ccc(F)cc2)c(N)c1C#N)NCCOc1ccccc1. The number of nitrogens with two attached hydrogens (primary N) is 1. The van der Waals surface area contributed by atoms with Gasteiger partial charge in [0.25, 0.3) is 0 Å². The number of hydrogen-bond donors (Lipinski definition) is 3. The Morgan fingerprint density at radius 1 is 1.16 bits per heavy atom. The number of halogens is 1. The molecule has 0 amide bonds. The summed E-state index contributed by atoms with van der Waals surface area (Å²) in [5, 5.41) is 20.4. The van der Waals surface area contributed by atoms with Gasteiger partial charge in [-0.2, -0.15) is 10.4 Å². The molecular formula is C23H26FN7O. The number of ether oxygens (including phenoxy) is 1. The number of benzene rings is 2. The third kappa shape index (κ3) is 5.98. The van der Waals surface area contributed by atoms with Gasteiger partial charge in [0.1, 0.15) is 35.6 Å². The molecule has 0 saturated heterocycles. The van der Waals surface area contributed by atoms with Crippen LogP contribution in [0.15, 0.2) is 59.6 Å². The molecule has 0 fully saturated rings. The summed E-state index contributed by atoms with van der Waals surface area (Å²) in [6.07, 6.45) is 1.28. The first-order valence-corrected chi connectivity index (χ1v) is 10.3. The van der Waals surface area contributed by atoms with Crippen LogP contribution in [-0.4, -0.2) is 42.5 Å². The third-order valence-corrected chi connectivity index (χ3v) is 4.69. The molecule has 2 aromatic carbocycles. The first-order chi connectivity index (χ1) is 15.6. The molecule has 1 heterocycles. The van der Waals surface area contributed by atoms with Crippen molar-refractivity contribution in [2.24, 2.45) is 4.99 Å². The molecule has 0 radical (unpaired) electrons. The van der Waals surface area contributed by atoms with Gasteiger partial charge in [-0.05, 0) is 49.2 Å². The van der Waals surface area contributed by atoms with Crippen molar-refractivity contribution < 1.29 is 9.13 Å². The average molecular weight is 436 g/mol. The van der Waals surface area contributed by atoms with Crippen LogP contribution >= 0.6 is 0 Å². The topological polar surface area (TPSA) is 113 Å². The number of nitrogen functional groups attached to an aromatic ring is 1. The van der Waals surface area contributed by atoms with E-state index in [1.807, 2.05) is 30.3 Å². The predicted molar refractivity (Wildman–Crippen MR) is 122 cm³/mol. The zero-order valence-electron chi connectivity index (χ0n) is 17.9. The molecule has 166 valence electrons. The molecule has 32 heavy (non-hydrogen) atoms. The van der Waals surface area contributed by atoms with Crippen molar-refractivity contribution in [2.45, 2.75) is 12.8 Å². The largest absolute Gasteiger partial charge is 0.492 e. The summed E-state index contributed by atoms with van der Waals surface area (Å²) >= 11 is 0. The second kappa shape index (κ2) is 11.4. The van der Waals surface area contributed by atoms with E-state index in [4.69, 9.17) is 10.5 Å². The Labute approximate surface area is 186 Å². The minimum atomic E-state index is -0.347. The van der Waals surface area contributed by atoms with Gasteiger partial charge in [-0.3, -0.25) is 4.99 Å². The molecule has 4 N–H and O–H groups in total. The van der Waals surface area contributed by atoms with Gasteiger partial charge in [0.2, 0.25) is 0 Å². The summed E-state index contributed by atoms with van der Waals surface area (Å²) in [7, 11) is 1.70. The summed E-state index contributed by atoms with van der Waals surface area (Å²) in [5.41, 5.74) is 7.65. The maximum absolute atomic E-state index is 13.2. The highest BCUT2D eigenvalue weighted by molar-refractivity contribution is 5.79. The van der Waals surface area contributed by atoms with Crippen LogP contribution in [0, 0.1) is 17.1 Å². The van der Waals surface area contributed by atoms with Crippen LogP contribution in [0.5, 0.6) is 5.75 Å². The number of nitrogens with one attached hydrogen (secondary N) is 2. The Morgan fingerprint density at radius 2 is 1.88 bits per heavy atom. The second-order valence-corrected chi connectivity index (χ2v) is 6.90. The van der Waals surface area contributed by atoms with Crippen molar-refractivity contribution in [2.75, 3.05) is 32.5 Å². The Bertz CT molecular complexity index is 1070. The maximum Gasteiger partial charge on any atom is 0.191 e. The number of guanidine groups is 1. The molecule has 0 aliphatic carbocycles. The van der Waals surface area contributed by atoms with Crippen LogP contribution in [-0.2, 0) is 6.42 Å². The lowest BCUT2D eigenvalue weighted by Crippen LogP contribution is -2.39. The van der Waals surface area contributed by atoms with Gasteiger partial charge in [-0.1, -0.05) is 18.2 Å². The van der Waals surface area contributed by atoms with Gasteiger partial charge in [0.15, 0.2) is 5.96 Å². The number of para-hydroxylation sites is 1. The van der Waals surface area contributed by atoms with E-state index >= 15 is 0 Å². The molecule has 0 spiro atoms. The summed E-state index contributed by atoms with van der Waals surface area (Å²) in [5.74, 6) is 1.39. The normalized spacial score (nSPS) is 11.1. The number of aliphatic imine (C=N–C) groups is 1. The highest BCUT2D eigenvalue weighted by Crippen LogP contribution is 2.21. The van der Waals surface area contributed by atoms with Gasteiger partial charge < -0.3 is 21.1 Å². The van der Waals surface area contributed by atoms with E-state index in [-0.39, 0.29) is 11.6 Å². The smallest absolute Gasteiger partial charge is 0.191 e. The number of nitrogens with zero attached hydrogens (tertiary/aromatic N) is 4. The van der Waals surface area contributed by atoms with Crippen molar-refractivity contribution >= 4 is 11.8 Å². The highest BCUT2D eigenvalue weighted by atomic mass is 19.1. The van der Waals surface area contributed by atoms with Crippen molar-refractivity contribution in [3.8, 4) is 17.5 Å². The molecule has 0 aliphatic rings. The molecular weight excluding hydrogens is 409 g/mol. The number of anilines is 1. The fourth-order valence-corrected chi connectivity index (χ4v) is 3.09. The van der Waals surface area contributed by atoms with E-state index in [0.717, 1.165) is 12.2 Å². The number of aryl methyl sites for hydroxylation is 1. The van der Waals surface area contributed by atoms with Crippen molar-refractivity contribution in [3.63, 3.8) is 0 Å². The predicted octanol–water partition coefficient (Wildman–Crippen LogP) is 2.64. The van der Waals surface area contributed by atoms with E-state index in [1.165, 1.54) is 16.8 Å². The van der Waals surface area contributed by atoms with Crippen LogP contribution in [0.2, 0.25) is 0 Å². The Hall–Kier alpha value is -4.06. The molecule has 0 unspecified atom stereocenters. The molecule has 0 bridgehead atoms. The third-order valence-electron chi connectivity index (χ3n) is 4.69. The first-order valence-electron chi connectivity index (χ1n) is 10.3. The fraction of sp³-hybridized carbons (Fsp3) is 0.261. The van der Waals surface area contributed by atoms with Crippen LogP contribution in [0.3, 0.4) is 0 Å². The van der Waals surface area contributed by atoms with E-state index in [1.54, 1.807) is 19.2 Å². The van der Waals surface area contributed by atoms with Crippen LogP contribution in [0.25, 0.3) is 5.69 Å². The average Bonchev–Trinajstić information content (AvgIpc) is 3.14. The zero-order valence-corrected chi connectivity index (χ0v) is 17.9. The summed E-state index contributed by atoms with van der Waals surface area (Å²) < 4.78 is 20.3. The fourth-order valence-electron chi connectivity index (χ4n) is 3.09. The zero-order chi connectivity index (χ0) is 22.8. The van der Waals surface area contributed by atoms with Crippen molar-refractivity contribution in [3.05, 3.63) is 71.7 Å². The molecule has 9 heteroatoms. The number of rotatable bonds is 9. The number of nitriles is 1. The lowest BCUT2D eigenvalue weighted by molar-refractivity contribution is 0.322. The number of aromatic nitrogens is 2. The van der Waals surface area contributed by atoms with Crippen LogP contribution < -0.4 is 21.1 Å². The number of hydrogen-bond acceptors (Lipinski definition) is 5. The molecule has 3 rings (SSSR count). The second-order valence-electron chi connectivity index (χ2n) is 6.90. The van der Waals surface area contributed by atoms with Crippen LogP contribution in [0.4, 0.5) is 10.2 Å². The molecule has 3 aromatic rings. The molecule has 8 nitrogen and oxygen atoms in total. The van der Waals surface area contributed by atoms with E-state index in [0.29, 0.717) is 49.0 Å². The Morgan fingerprint density at radius 3 is 2.56 bits per heavy atom. The minimum absolute atomic E-state index is 0.248. The quantitative estimate of drug-likeness (QED) is 0.271. The molecule has 0 atom stereocenters. The molecule has 0 aliphatic heterocycles. The molecule has 0 saturated carbocycles. The Kier molecular flexibility index (Phi) is 8.03. The summed E-state index contributed by atoms with van der Waals surface area (Å²) in [6, 6.07) is 17.5. The van der Waals surface area contributed by atoms with E-state index < -0.39 is 0 Å². The van der Waals surface area contributed by atoms with Gasteiger partial charge in [0.05, 0.1) is 17.9 Å². The van der Waals surface area contributed by atoms with Crippen molar-refractivity contribution in [1.29, 1.82) is 5.26 Å². The monoisotopic (exact) mass is 435 g/mol. The highest BCUT2D eigenvalue weighted by Gasteiger charge is 2.16. The van der Waals surface area contributed by atoms with E-state index in [9.17, 15) is 9.65 Å². The Balaban J connectivity index is 1.46. The van der Waals surface area contributed by atoms with Crippen molar-refractivity contribution in [1.82, 2.24) is 20.4 Å². The van der Waals surface area contributed by atoms with E-state index in [2.05, 4.69) is 26.8 Å². The van der Waals surface area contributed by atoms with Crippen LogP contribution in [0.1, 0.15) is 17.7 Å². The van der Waals surface area contributed by atoms with Gasteiger partial charge in [-0.15, -0.1) is 0 Å². The lowest BCUT2D eigenvalue weighted by atomic mass is 10.1. The standard InChI is InChI=1S/C23H26FN7O/c1-27-23(29-14-15-32-19-6-3-2-4-7-19)28-13-5-8-21-20(16-25)22(26)31(30-21)18-11-9-17(24)10-12-18/h2-4,6-7,9-12H,5,8,13-15,26H2,1H3,(H2,27,28,29). The summed E-state index contributed by atoms with van der Waals surface area (Å²) in [4.78, 5) is 4.19. The first kappa shape index (κ1) is 22.6. The maximum atomic E-state index is 13.2. The lowest BCUT2D eigenvalue weighted by Gasteiger charge is -2.12. The summed E-state index contributed by atoms with van der Waals surface area (Å²) in [6.45, 7) is 1.75. The van der Waals surface area contributed by atoms with Gasteiger partial charge in [0, 0.05) is 13.6 Å². The minimum Gasteiger partial charge on any atom is -0.492 e. The van der Waals surface area contributed by atoms with Gasteiger partial charge in [-0.25, -0.2) is 9.07 Å².